The molecule has 2 heterocycles. The fourth-order valence-corrected chi connectivity index (χ4v) is 4.09. The van der Waals surface area contributed by atoms with E-state index >= 15 is 0 Å². The van der Waals surface area contributed by atoms with Gasteiger partial charge in [-0.3, -0.25) is 4.79 Å². The molecule has 4 rings (SSSR count). The highest BCUT2D eigenvalue weighted by Crippen LogP contribution is 2.33. The summed E-state index contributed by atoms with van der Waals surface area (Å²) in [7, 11) is 0. The number of rotatable bonds is 2. The van der Waals surface area contributed by atoms with E-state index in [1.807, 2.05) is 29.2 Å². The van der Waals surface area contributed by atoms with Crippen LogP contribution >= 0.6 is 0 Å². The van der Waals surface area contributed by atoms with Gasteiger partial charge in [0.1, 0.15) is 5.82 Å². The van der Waals surface area contributed by atoms with Crippen molar-refractivity contribution in [1.82, 2.24) is 10.2 Å². The fraction of sp³-hybridized carbons (Fsp3) is 0.381. The zero-order valence-corrected chi connectivity index (χ0v) is 14.6. The van der Waals surface area contributed by atoms with Crippen LogP contribution in [0.5, 0.6) is 0 Å². The van der Waals surface area contributed by atoms with E-state index in [0.29, 0.717) is 25.1 Å². The van der Waals surface area contributed by atoms with Gasteiger partial charge in [-0.2, -0.15) is 0 Å². The molecule has 2 aliphatic heterocycles. The Hall–Kier alpha value is -2.24. The molecule has 0 saturated carbocycles. The van der Waals surface area contributed by atoms with Gasteiger partial charge in [0.05, 0.1) is 5.60 Å². The third kappa shape index (κ3) is 3.24. The largest absolute Gasteiger partial charge is 0.389 e. The summed E-state index contributed by atoms with van der Waals surface area (Å²) in [5, 5.41) is 14.1. The van der Waals surface area contributed by atoms with E-state index in [4.69, 9.17) is 0 Å². The first-order chi connectivity index (χ1) is 12.5. The Morgan fingerprint density at radius 3 is 2.73 bits per heavy atom. The molecule has 2 aromatic rings. The topological polar surface area (TPSA) is 52.6 Å². The van der Waals surface area contributed by atoms with Gasteiger partial charge in [0.2, 0.25) is 0 Å². The molecule has 2 fully saturated rings. The monoisotopic (exact) mass is 354 g/mol. The number of amides is 1. The number of carbonyl (C=O) groups excluding carboxylic acids is 1. The Bertz CT molecular complexity index is 825. The Balaban J connectivity index is 1.54. The fourth-order valence-electron chi connectivity index (χ4n) is 4.09. The molecule has 26 heavy (non-hydrogen) atoms. The van der Waals surface area contributed by atoms with E-state index in [1.54, 1.807) is 12.1 Å². The van der Waals surface area contributed by atoms with Crippen LogP contribution in [0.25, 0.3) is 11.1 Å². The summed E-state index contributed by atoms with van der Waals surface area (Å²) in [6.07, 6.45) is 1.36. The second kappa shape index (κ2) is 6.82. The summed E-state index contributed by atoms with van der Waals surface area (Å²) in [5.74, 6) is -0.254. The molecule has 136 valence electrons. The van der Waals surface area contributed by atoms with Gasteiger partial charge >= 0.3 is 0 Å². The van der Waals surface area contributed by atoms with E-state index in [1.165, 1.54) is 12.1 Å². The number of hydrogen-bond acceptors (Lipinski definition) is 3. The molecule has 2 atom stereocenters. The van der Waals surface area contributed by atoms with Gasteiger partial charge in [-0.25, -0.2) is 4.39 Å². The summed E-state index contributed by atoms with van der Waals surface area (Å²) >= 11 is 0. The van der Waals surface area contributed by atoms with E-state index in [-0.39, 0.29) is 17.6 Å². The molecule has 2 aromatic carbocycles. The van der Waals surface area contributed by atoms with Crippen LogP contribution in [0.1, 0.15) is 23.2 Å². The molecule has 0 aliphatic carbocycles. The van der Waals surface area contributed by atoms with Crippen LogP contribution in [0.4, 0.5) is 4.39 Å². The number of nitrogens with zero attached hydrogens (tertiary/aromatic N) is 1. The van der Waals surface area contributed by atoms with E-state index in [2.05, 4.69) is 5.32 Å². The Labute approximate surface area is 152 Å². The van der Waals surface area contributed by atoms with E-state index < -0.39 is 5.60 Å². The second-order valence-electron chi connectivity index (χ2n) is 7.35. The minimum atomic E-state index is -0.647. The first kappa shape index (κ1) is 17.2. The highest BCUT2D eigenvalue weighted by atomic mass is 19.1. The van der Waals surface area contributed by atoms with E-state index in [9.17, 15) is 14.3 Å². The number of nitrogens with one attached hydrogen (secondary N) is 1. The number of halogens is 1. The molecule has 4 nitrogen and oxygen atoms in total. The molecule has 2 saturated heterocycles. The number of aliphatic hydroxyl groups is 1. The summed E-state index contributed by atoms with van der Waals surface area (Å²) in [6.45, 7) is 2.70. The lowest BCUT2D eigenvalue weighted by Crippen LogP contribution is -2.59. The van der Waals surface area contributed by atoms with Gasteiger partial charge in [0.25, 0.3) is 5.91 Å². The average Bonchev–Trinajstić information content (AvgIpc) is 2.67. The van der Waals surface area contributed by atoms with Gasteiger partial charge in [0, 0.05) is 31.1 Å². The van der Waals surface area contributed by atoms with Crippen LogP contribution < -0.4 is 5.32 Å². The zero-order chi connectivity index (χ0) is 18.1. The van der Waals surface area contributed by atoms with Crippen molar-refractivity contribution in [3.8, 4) is 11.1 Å². The van der Waals surface area contributed by atoms with Crippen molar-refractivity contribution in [2.75, 3.05) is 26.2 Å². The lowest BCUT2D eigenvalue weighted by molar-refractivity contribution is -0.0817. The van der Waals surface area contributed by atoms with Crippen molar-refractivity contribution in [2.45, 2.75) is 18.4 Å². The number of hydrogen-bond donors (Lipinski definition) is 2. The molecule has 1 amide bonds. The van der Waals surface area contributed by atoms with Crippen molar-refractivity contribution < 1.29 is 14.3 Å². The Morgan fingerprint density at radius 2 is 1.92 bits per heavy atom. The quantitative estimate of drug-likeness (QED) is 0.872. The smallest absolute Gasteiger partial charge is 0.253 e. The van der Waals surface area contributed by atoms with Crippen LogP contribution in [0.3, 0.4) is 0 Å². The third-order valence-electron chi connectivity index (χ3n) is 5.70. The summed E-state index contributed by atoms with van der Waals surface area (Å²) in [5.41, 5.74) is 1.53. The van der Waals surface area contributed by atoms with Gasteiger partial charge in [-0.05, 0) is 54.8 Å². The lowest BCUT2D eigenvalue weighted by atomic mass is 9.76. The van der Waals surface area contributed by atoms with Gasteiger partial charge in [-0.15, -0.1) is 0 Å². The minimum Gasteiger partial charge on any atom is -0.389 e. The molecule has 0 unspecified atom stereocenters. The van der Waals surface area contributed by atoms with Crippen LogP contribution in [0.15, 0.2) is 48.5 Å². The maximum Gasteiger partial charge on any atom is 0.253 e. The van der Waals surface area contributed by atoms with Crippen molar-refractivity contribution in [1.29, 1.82) is 0 Å². The predicted molar refractivity (Wildman–Crippen MR) is 98.3 cm³/mol. The van der Waals surface area contributed by atoms with Crippen LogP contribution in [-0.4, -0.2) is 47.7 Å². The first-order valence-electron chi connectivity index (χ1n) is 9.13. The van der Waals surface area contributed by atoms with Gasteiger partial charge < -0.3 is 15.3 Å². The van der Waals surface area contributed by atoms with Crippen LogP contribution in [0.2, 0.25) is 0 Å². The van der Waals surface area contributed by atoms with Crippen LogP contribution in [-0.2, 0) is 0 Å². The maximum atomic E-state index is 13.5. The SMILES string of the molecule is O=C(c1cccc(-c2cccc(F)c2)c1)N1CC[C@]2(O)CCNC[C@@H]2C1. The number of likely N-dealkylation sites (tertiary alicyclic amines) is 1. The number of carbonyl (C=O) groups is 1. The molecule has 5 heteroatoms. The van der Waals surface area contributed by atoms with Crippen LogP contribution in [0, 0.1) is 11.7 Å². The Morgan fingerprint density at radius 1 is 1.15 bits per heavy atom. The zero-order valence-electron chi connectivity index (χ0n) is 14.6. The maximum absolute atomic E-state index is 13.5. The molecule has 0 spiro atoms. The standard InChI is InChI=1S/C21H23FN2O2/c22-19-6-2-4-16(12-19)15-3-1-5-17(11-15)20(25)24-10-8-21(26)7-9-23-13-18(21)14-24/h1-6,11-12,18,23,26H,7-10,13-14H2/t18-,21-/m1/s1. The average molecular weight is 354 g/mol. The molecule has 0 aromatic heterocycles. The summed E-state index contributed by atoms with van der Waals surface area (Å²) in [6, 6.07) is 13.7. The summed E-state index contributed by atoms with van der Waals surface area (Å²) < 4.78 is 13.5. The number of benzene rings is 2. The molecule has 0 radical (unpaired) electrons. The predicted octanol–water partition coefficient (Wildman–Crippen LogP) is 2.68. The third-order valence-corrected chi connectivity index (χ3v) is 5.70. The molecule has 2 aliphatic rings. The number of piperidine rings is 2. The van der Waals surface area contributed by atoms with Gasteiger partial charge in [0.15, 0.2) is 0 Å². The first-order valence-corrected chi connectivity index (χ1v) is 9.13. The molecule has 2 N–H and O–H groups in total. The highest BCUT2D eigenvalue weighted by molar-refractivity contribution is 5.95. The molecular formula is C21H23FN2O2. The second-order valence-corrected chi connectivity index (χ2v) is 7.35. The Kier molecular flexibility index (Phi) is 4.51. The lowest BCUT2D eigenvalue weighted by Gasteiger charge is -2.47. The van der Waals surface area contributed by atoms with Gasteiger partial charge in [-0.1, -0.05) is 24.3 Å². The van der Waals surface area contributed by atoms with E-state index in [0.717, 1.165) is 30.6 Å². The van der Waals surface area contributed by atoms with Crippen molar-refractivity contribution in [2.24, 2.45) is 5.92 Å². The minimum absolute atomic E-state index is 0.0316. The summed E-state index contributed by atoms with van der Waals surface area (Å²) in [4.78, 5) is 14.8. The molecular weight excluding hydrogens is 331 g/mol. The van der Waals surface area contributed by atoms with Crippen molar-refractivity contribution >= 4 is 5.91 Å². The normalized spacial score (nSPS) is 25.6. The highest BCUT2D eigenvalue weighted by Gasteiger charge is 2.43. The van der Waals surface area contributed by atoms with Crippen molar-refractivity contribution in [3.05, 3.63) is 59.9 Å². The number of fused-ring (bicyclic) bond motifs is 1. The van der Waals surface area contributed by atoms with Crippen molar-refractivity contribution in [3.63, 3.8) is 0 Å². The molecule has 0 bridgehead atoms.